The minimum absolute atomic E-state index is 0.0469. The zero-order valence-corrected chi connectivity index (χ0v) is 16.5. The Balaban J connectivity index is 1.74. The van der Waals surface area contributed by atoms with Crippen LogP contribution in [0.15, 0.2) is 66.1 Å². The van der Waals surface area contributed by atoms with E-state index < -0.39 is 0 Å². The molecule has 0 saturated carbocycles. The van der Waals surface area contributed by atoms with E-state index in [1.54, 1.807) is 28.7 Å². The van der Waals surface area contributed by atoms with Crippen molar-refractivity contribution in [3.8, 4) is 0 Å². The Labute approximate surface area is 159 Å². The summed E-state index contributed by atoms with van der Waals surface area (Å²) in [6, 6.07) is 16.3. The Morgan fingerprint density at radius 3 is 2.31 bits per heavy atom. The molecule has 3 nitrogen and oxygen atoms in total. The SMILES string of the molecule is Cc1ccc(CSc2nccn2C(=O)c2ccc(C(C)(C)C)cc2)cc1. The number of carbonyl (C=O) groups is 1. The van der Waals surface area contributed by atoms with Gasteiger partial charge in [0, 0.05) is 23.7 Å². The second kappa shape index (κ2) is 7.50. The molecule has 0 N–H and O–H groups in total. The molecule has 0 bridgehead atoms. The van der Waals surface area contributed by atoms with E-state index in [-0.39, 0.29) is 11.3 Å². The molecule has 0 amide bonds. The highest BCUT2D eigenvalue weighted by molar-refractivity contribution is 7.98. The lowest BCUT2D eigenvalue weighted by Crippen LogP contribution is -2.14. The van der Waals surface area contributed by atoms with Crippen molar-refractivity contribution in [1.29, 1.82) is 0 Å². The first-order chi connectivity index (χ1) is 12.3. The largest absolute Gasteiger partial charge is 0.268 e. The molecule has 4 heteroatoms. The van der Waals surface area contributed by atoms with E-state index in [0.717, 1.165) is 10.9 Å². The highest BCUT2D eigenvalue weighted by Crippen LogP contribution is 2.24. The van der Waals surface area contributed by atoms with Crippen molar-refractivity contribution in [3.05, 3.63) is 83.2 Å². The third kappa shape index (κ3) is 4.25. The molecule has 0 aliphatic heterocycles. The highest BCUT2D eigenvalue weighted by Gasteiger charge is 2.16. The molecule has 0 fully saturated rings. The van der Waals surface area contributed by atoms with E-state index in [1.165, 1.54) is 16.7 Å². The number of benzene rings is 2. The number of hydrogen-bond donors (Lipinski definition) is 0. The summed E-state index contributed by atoms with van der Waals surface area (Å²) in [7, 11) is 0. The van der Waals surface area contributed by atoms with E-state index in [2.05, 4.69) is 56.9 Å². The van der Waals surface area contributed by atoms with Gasteiger partial charge in [0.15, 0.2) is 5.16 Å². The van der Waals surface area contributed by atoms with Crippen LogP contribution in [0.1, 0.15) is 47.8 Å². The molecule has 26 heavy (non-hydrogen) atoms. The summed E-state index contributed by atoms with van der Waals surface area (Å²) in [6.07, 6.45) is 3.41. The molecule has 0 unspecified atom stereocenters. The van der Waals surface area contributed by atoms with Gasteiger partial charge in [-0.15, -0.1) is 0 Å². The van der Waals surface area contributed by atoms with Crippen LogP contribution in [0.5, 0.6) is 0 Å². The fraction of sp³-hybridized carbons (Fsp3) is 0.273. The number of hydrogen-bond acceptors (Lipinski definition) is 3. The number of rotatable bonds is 4. The van der Waals surface area contributed by atoms with E-state index in [1.807, 2.05) is 24.3 Å². The zero-order chi connectivity index (χ0) is 18.7. The molecule has 134 valence electrons. The van der Waals surface area contributed by atoms with Crippen LogP contribution in [0.25, 0.3) is 0 Å². The predicted molar refractivity (Wildman–Crippen MR) is 108 cm³/mol. The smallest absolute Gasteiger partial charge is 0.263 e. The van der Waals surface area contributed by atoms with E-state index in [0.29, 0.717) is 5.56 Å². The van der Waals surface area contributed by atoms with Crippen LogP contribution in [0.3, 0.4) is 0 Å². The summed E-state index contributed by atoms with van der Waals surface area (Å²) < 4.78 is 1.63. The Morgan fingerprint density at radius 2 is 1.69 bits per heavy atom. The summed E-state index contributed by atoms with van der Waals surface area (Å²) in [5.41, 5.74) is 4.43. The van der Waals surface area contributed by atoms with Crippen LogP contribution in [0.4, 0.5) is 0 Å². The Morgan fingerprint density at radius 1 is 1.04 bits per heavy atom. The quantitative estimate of drug-likeness (QED) is 0.576. The van der Waals surface area contributed by atoms with Crippen LogP contribution in [0.2, 0.25) is 0 Å². The molecule has 2 aromatic carbocycles. The third-order valence-electron chi connectivity index (χ3n) is 4.31. The average molecular weight is 365 g/mol. The lowest BCUT2D eigenvalue weighted by Gasteiger charge is -2.19. The van der Waals surface area contributed by atoms with Crippen molar-refractivity contribution < 1.29 is 4.79 Å². The molecule has 0 radical (unpaired) electrons. The number of aromatic nitrogens is 2. The fourth-order valence-electron chi connectivity index (χ4n) is 2.64. The Kier molecular flexibility index (Phi) is 5.33. The van der Waals surface area contributed by atoms with Gasteiger partial charge in [0.05, 0.1) is 0 Å². The number of thioether (sulfide) groups is 1. The first-order valence-corrected chi connectivity index (χ1v) is 9.70. The molecule has 0 spiro atoms. The summed E-state index contributed by atoms with van der Waals surface area (Å²) >= 11 is 1.57. The minimum atomic E-state index is -0.0469. The highest BCUT2D eigenvalue weighted by atomic mass is 32.2. The summed E-state index contributed by atoms with van der Waals surface area (Å²) in [6.45, 7) is 8.58. The Bertz CT molecular complexity index is 887. The van der Waals surface area contributed by atoms with Gasteiger partial charge in [0.1, 0.15) is 0 Å². The molecular weight excluding hydrogens is 340 g/mol. The van der Waals surface area contributed by atoms with Crippen LogP contribution >= 0.6 is 11.8 Å². The summed E-state index contributed by atoms with van der Waals surface area (Å²) in [5.74, 6) is 0.738. The minimum Gasteiger partial charge on any atom is -0.268 e. The molecule has 3 rings (SSSR count). The van der Waals surface area contributed by atoms with Crippen molar-refractivity contribution in [2.24, 2.45) is 0 Å². The van der Waals surface area contributed by atoms with Gasteiger partial charge in [-0.2, -0.15) is 0 Å². The predicted octanol–water partition coefficient (Wildman–Crippen LogP) is 5.47. The normalized spacial score (nSPS) is 11.5. The van der Waals surface area contributed by atoms with Crippen molar-refractivity contribution in [2.45, 2.75) is 44.0 Å². The Hall–Kier alpha value is -2.33. The first-order valence-electron chi connectivity index (χ1n) is 8.71. The van der Waals surface area contributed by atoms with E-state index in [9.17, 15) is 4.79 Å². The van der Waals surface area contributed by atoms with Crippen molar-refractivity contribution in [3.63, 3.8) is 0 Å². The number of nitrogens with zero attached hydrogens (tertiary/aromatic N) is 2. The molecule has 1 aromatic heterocycles. The van der Waals surface area contributed by atoms with Crippen molar-refractivity contribution in [2.75, 3.05) is 0 Å². The first kappa shape index (κ1) is 18.5. The molecule has 0 saturated heterocycles. The number of aryl methyl sites for hydroxylation is 1. The fourth-order valence-corrected chi connectivity index (χ4v) is 3.54. The second-order valence-electron chi connectivity index (χ2n) is 7.49. The van der Waals surface area contributed by atoms with Gasteiger partial charge in [-0.05, 0) is 35.6 Å². The van der Waals surface area contributed by atoms with Gasteiger partial charge < -0.3 is 0 Å². The molecule has 1 heterocycles. The van der Waals surface area contributed by atoms with Crippen molar-refractivity contribution >= 4 is 17.7 Å². The van der Waals surface area contributed by atoms with Crippen LogP contribution in [-0.4, -0.2) is 15.5 Å². The summed E-state index contributed by atoms with van der Waals surface area (Å²) in [4.78, 5) is 17.2. The average Bonchev–Trinajstić information content (AvgIpc) is 3.08. The van der Waals surface area contributed by atoms with Gasteiger partial charge in [0.25, 0.3) is 5.91 Å². The second-order valence-corrected chi connectivity index (χ2v) is 8.43. The monoisotopic (exact) mass is 364 g/mol. The number of carbonyl (C=O) groups excluding carboxylic acids is 1. The van der Waals surface area contributed by atoms with Gasteiger partial charge in [-0.25, -0.2) is 4.98 Å². The van der Waals surface area contributed by atoms with Gasteiger partial charge >= 0.3 is 0 Å². The van der Waals surface area contributed by atoms with Gasteiger partial charge in [0.2, 0.25) is 0 Å². The summed E-state index contributed by atoms with van der Waals surface area (Å²) in [5, 5.41) is 0.718. The van der Waals surface area contributed by atoms with Gasteiger partial charge in [-0.1, -0.05) is 74.5 Å². The topological polar surface area (TPSA) is 34.9 Å². The molecule has 0 aliphatic carbocycles. The zero-order valence-electron chi connectivity index (χ0n) is 15.7. The van der Waals surface area contributed by atoms with E-state index >= 15 is 0 Å². The maximum atomic E-state index is 12.9. The van der Waals surface area contributed by atoms with Gasteiger partial charge in [-0.3, -0.25) is 9.36 Å². The molecule has 0 aliphatic rings. The lowest BCUT2D eigenvalue weighted by molar-refractivity contribution is 0.0950. The maximum absolute atomic E-state index is 12.9. The standard InChI is InChI=1S/C22H24N2OS/c1-16-5-7-17(8-6-16)15-26-21-23-13-14-24(21)20(25)18-9-11-19(12-10-18)22(2,3)4/h5-14H,15H2,1-4H3. The maximum Gasteiger partial charge on any atom is 0.263 e. The molecule has 3 aromatic rings. The molecule has 0 atom stereocenters. The van der Waals surface area contributed by atoms with Crippen LogP contribution in [0, 0.1) is 6.92 Å². The van der Waals surface area contributed by atoms with Crippen molar-refractivity contribution in [1.82, 2.24) is 9.55 Å². The van der Waals surface area contributed by atoms with E-state index in [4.69, 9.17) is 0 Å². The third-order valence-corrected chi connectivity index (χ3v) is 5.35. The van der Waals surface area contributed by atoms with Crippen LogP contribution in [-0.2, 0) is 11.2 Å². The van der Waals surface area contributed by atoms with Crippen LogP contribution < -0.4 is 0 Å². The molecular formula is C22H24N2OS. The number of imidazole rings is 1. The lowest BCUT2D eigenvalue weighted by atomic mass is 9.87.